The molecule has 1 saturated heterocycles. The van der Waals surface area contributed by atoms with Crippen LogP contribution in [0.5, 0.6) is 0 Å². The number of hydrogen-bond acceptors (Lipinski definition) is 2. The van der Waals surface area contributed by atoms with E-state index >= 15 is 0 Å². The third-order valence-corrected chi connectivity index (χ3v) is 3.75. The highest BCUT2D eigenvalue weighted by molar-refractivity contribution is 6.17. The number of piperazine rings is 1. The molecule has 0 aromatic rings. The molecule has 1 unspecified atom stereocenters. The van der Waals surface area contributed by atoms with Crippen LogP contribution in [-0.4, -0.2) is 54.4 Å². The maximum Gasteiger partial charge on any atom is 0.0223 e. The maximum absolute atomic E-state index is 5.68. The molecule has 0 aromatic carbocycles. The van der Waals surface area contributed by atoms with Gasteiger partial charge < -0.3 is 4.90 Å². The predicted octanol–water partition coefficient (Wildman–Crippen LogP) is 2.42. The Morgan fingerprint density at radius 3 is 2.33 bits per heavy atom. The Kier molecular flexibility index (Phi) is 6.62. The zero-order valence-electron chi connectivity index (χ0n) is 10.2. The smallest absolute Gasteiger partial charge is 0.0223 e. The summed E-state index contributed by atoms with van der Waals surface area (Å²) in [6.45, 7) is 10.8. The van der Waals surface area contributed by atoms with Crippen LogP contribution in [-0.2, 0) is 0 Å². The van der Waals surface area contributed by atoms with Crippen LogP contribution in [0.2, 0.25) is 0 Å². The predicted molar refractivity (Wildman–Crippen MR) is 67.7 cm³/mol. The van der Waals surface area contributed by atoms with Gasteiger partial charge in [-0.2, -0.15) is 0 Å². The van der Waals surface area contributed by atoms with E-state index < -0.39 is 0 Å². The molecule has 0 amide bonds. The fourth-order valence-electron chi connectivity index (χ4n) is 2.12. The van der Waals surface area contributed by atoms with Gasteiger partial charge in [-0.15, -0.1) is 11.6 Å². The summed E-state index contributed by atoms with van der Waals surface area (Å²) >= 11 is 5.68. The average molecular weight is 233 g/mol. The molecule has 0 spiro atoms. The van der Waals surface area contributed by atoms with Crippen molar-refractivity contribution in [2.75, 3.05) is 38.6 Å². The Morgan fingerprint density at radius 2 is 1.80 bits per heavy atom. The second-order valence-corrected chi connectivity index (χ2v) is 4.91. The van der Waals surface area contributed by atoms with Gasteiger partial charge in [0, 0.05) is 38.1 Å². The van der Waals surface area contributed by atoms with Crippen molar-refractivity contribution >= 4 is 11.6 Å². The van der Waals surface area contributed by atoms with Gasteiger partial charge in [0.2, 0.25) is 0 Å². The summed E-state index contributed by atoms with van der Waals surface area (Å²) in [7, 11) is 0. The molecule has 0 aromatic heterocycles. The highest BCUT2D eigenvalue weighted by Crippen LogP contribution is 2.09. The molecule has 0 aliphatic carbocycles. The second kappa shape index (κ2) is 7.48. The molecule has 1 aliphatic heterocycles. The Morgan fingerprint density at radius 1 is 1.13 bits per heavy atom. The number of halogens is 1. The van der Waals surface area contributed by atoms with Gasteiger partial charge in [0.25, 0.3) is 0 Å². The monoisotopic (exact) mass is 232 g/mol. The number of alkyl halides is 1. The molecule has 1 rings (SSSR count). The minimum absolute atomic E-state index is 0.759. The van der Waals surface area contributed by atoms with E-state index in [9.17, 15) is 0 Å². The number of hydrogen-bond donors (Lipinski definition) is 0. The Hall–Kier alpha value is 0.210. The molecule has 0 N–H and O–H groups in total. The zero-order valence-corrected chi connectivity index (χ0v) is 11.0. The third kappa shape index (κ3) is 4.71. The first-order valence-electron chi connectivity index (χ1n) is 6.30. The molecule has 0 bridgehead atoms. The molecule has 1 fully saturated rings. The Bertz CT molecular complexity index is 156. The lowest BCUT2D eigenvalue weighted by atomic mass is 10.2. The van der Waals surface area contributed by atoms with Crippen molar-refractivity contribution in [3.63, 3.8) is 0 Å². The normalized spacial score (nSPS) is 21.8. The van der Waals surface area contributed by atoms with Crippen molar-refractivity contribution in [1.82, 2.24) is 9.80 Å². The van der Waals surface area contributed by atoms with Gasteiger partial charge in [-0.25, -0.2) is 0 Å². The van der Waals surface area contributed by atoms with Gasteiger partial charge in [-0.05, 0) is 32.7 Å². The Balaban J connectivity index is 2.12. The van der Waals surface area contributed by atoms with Gasteiger partial charge in [0.05, 0.1) is 0 Å². The van der Waals surface area contributed by atoms with E-state index in [0.717, 1.165) is 18.3 Å². The van der Waals surface area contributed by atoms with Gasteiger partial charge in [-0.3, -0.25) is 4.90 Å². The van der Waals surface area contributed by atoms with Crippen molar-refractivity contribution in [3.05, 3.63) is 0 Å². The summed E-state index contributed by atoms with van der Waals surface area (Å²) in [4.78, 5) is 5.18. The lowest BCUT2D eigenvalue weighted by molar-refractivity contribution is 0.0998. The van der Waals surface area contributed by atoms with Gasteiger partial charge in [0.15, 0.2) is 0 Å². The highest BCUT2D eigenvalue weighted by Gasteiger charge is 2.19. The van der Waals surface area contributed by atoms with Crippen molar-refractivity contribution < 1.29 is 0 Å². The average Bonchev–Trinajstić information content (AvgIpc) is 2.29. The molecule has 0 saturated carbocycles. The van der Waals surface area contributed by atoms with E-state index in [1.165, 1.54) is 45.6 Å². The quantitative estimate of drug-likeness (QED) is 0.513. The summed E-state index contributed by atoms with van der Waals surface area (Å²) in [5.74, 6) is 0.812. The van der Waals surface area contributed by atoms with Crippen molar-refractivity contribution in [1.29, 1.82) is 0 Å². The second-order valence-electron chi connectivity index (χ2n) is 4.53. The van der Waals surface area contributed by atoms with E-state index in [0.29, 0.717) is 0 Å². The van der Waals surface area contributed by atoms with E-state index in [-0.39, 0.29) is 0 Å². The first kappa shape index (κ1) is 13.3. The van der Waals surface area contributed by atoms with Crippen LogP contribution in [0.25, 0.3) is 0 Å². The molecule has 1 atom stereocenters. The minimum atomic E-state index is 0.759. The molecule has 2 nitrogen and oxygen atoms in total. The number of nitrogens with zero attached hydrogens (tertiary/aromatic N) is 2. The molecule has 1 heterocycles. The fraction of sp³-hybridized carbons (Fsp3) is 1.00. The van der Waals surface area contributed by atoms with Crippen LogP contribution in [0.4, 0.5) is 0 Å². The standard InChI is InChI=1S/C12H25ClN2/c1-3-12(2)15-10-8-14(9-11-15)7-5-4-6-13/h12H,3-11H2,1-2H3. The SMILES string of the molecule is CCC(C)N1CCN(CCCCCl)CC1. The molecule has 0 radical (unpaired) electrons. The fourth-order valence-corrected chi connectivity index (χ4v) is 2.30. The topological polar surface area (TPSA) is 6.48 Å². The lowest BCUT2D eigenvalue weighted by Crippen LogP contribution is -2.49. The van der Waals surface area contributed by atoms with Crippen LogP contribution >= 0.6 is 11.6 Å². The first-order valence-corrected chi connectivity index (χ1v) is 6.83. The van der Waals surface area contributed by atoms with E-state index in [2.05, 4.69) is 23.6 Å². The summed E-state index contributed by atoms with van der Waals surface area (Å²) in [6.07, 6.45) is 3.69. The molecule has 90 valence electrons. The largest absolute Gasteiger partial charge is 0.301 e. The summed E-state index contributed by atoms with van der Waals surface area (Å²) < 4.78 is 0. The molecule has 1 aliphatic rings. The summed E-state index contributed by atoms with van der Waals surface area (Å²) in [5, 5.41) is 0. The van der Waals surface area contributed by atoms with E-state index in [4.69, 9.17) is 11.6 Å². The van der Waals surface area contributed by atoms with Gasteiger partial charge in [-0.1, -0.05) is 6.92 Å². The molecular weight excluding hydrogens is 208 g/mol. The molecule has 3 heteroatoms. The van der Waals surface area contributed by atoms with Crippen molar-refractivity contribution in [2.45, 2.75) is 39.2 Å². The van der Waals surface area contributed by atoms with Gasteiger partial charge >= 0.3 is 0 Å². The molecular formula is C12H25ClN2. The van der Waals surface area contributed by atoms with Crippen LogP contribution in [0.3, 0.4) is 0 Å². The highest BCUT2D eigenvalue weighted by atomic mass is 35.5. The van der Waals surface area contributed by atoms with E-state index in [1.54, 1.807) is 0 Å². The summed E-state index contributed by atoms with van der Waals surface area (Å²) in [6, 6.07) is 0.759. The van der Waals surface area contributed by atoms with Crippen LogP contribution in [0, 0.1) is 0 Å². The van der Waals surface area contributed by atoms with Crippen LogP contribution in [0.1, 0.15) is 33.1 Å². The molecule has 15 heavy (non-hydrogen) atoms. The summed E-state index contributed by atoms with van der Waals surface area (Å²) in [5.41, 5.74) is 0. The van der Waals surface area contributed by atoms with Crippen LogP contribution in [0.15, 0.2) is 0 Å². The van der Waals surface area contributed by atoms with E-state index in [1.807, 2.05) is 0 Å². The van der Waals surface area contributed by atoms with Crippen LogP contribution < -0.4 is 0 Å². The first-order chi connectivity index (χ1) is 7.27. The maximum atomic E-state index is 5.68. The number of unbranched alkanes of at least 4 members (excludes halogenated alkanes) is 1. The van der Waals surface area contributed by atoms with Crippen molar-refractivity contribution in [2.24, 2.45) is 0 Å². The Labute approximate surface area is 99.6 Å². The van der Waals surface area contributed by atoms with Crippen molar-refractivity contribution in [3.8, 4) is 0 Å². The van der Waals surface area contributed by atoms with Gasteiger partial charge in [0.1, 0.15) is 0 Å². The number of rotatable bonds is 6. The lowest BCUT2D eigenvalue weighted by Gasteiger charge is -2.37. The zero-order chi connectivity index (χ0) is 11.1. The third-order valence-electron chi connectivity index (χ3n) is 3.48. The minimum Gasteiger partial charge on any atom is -0.301 e.